The van der Waals surface area contributed by atoms with E-state index in [4.69, 9.17) is 0 Å². The van der Waals surface area contributed by atoms with E-state index in [1.165, 1.54) is 68.7 Å². The lowest BCUT2D eigenvalue weighted by molar-refractivity contribution is 0.332. The van der Waals surface area contributed by atoms with Gasteiger partial charge in [-0.25, -0.2) is 0 Å². The number of benzene rings is 7. The molecule has 2 aliphatic rings. The summed E-state index contributed by atoms with van der Waals surface area (Å²) < 4.78 is 0. The van der Waals surface area contributed by atoms with E-state index in [0.717, 1.165) is 22.7 Å². The molecule has 272 valence electrons. The van der Waals surface area contributed by atoms with Crippen LogP contribution in [-0.2, 0) is 16.2 Å². The lowest BCUT2D eigenvalue weighted by atomic mass is 9.63. The number of rotatable bonds is 7. The number of fused-ring (bicyclic) bond motifs is 4. The van der Waals surface area contributed by atoms with Crippen molar-refractivity contribution in [1.82, 2.24) is 0 Å². The van der Waals surface area contributed by atoms with E-state index in [1.807, 2.05) is 0 Å². The largest absolute Gasteiger partial charge is 0.311 e. The normalized spacial score (nSPS) is 15.7. The van der Waals surface area contributed by atoms with Gasteiger partial charge in [0.15, 0.2) is 0 Å². The first kappa shape index (κ1) is 34.9. The Balaban J connectivity index is 1.11. The maximum atomic E-state index is 2.49. The van der Waals surface area contributed by atoms with Crippen LogP contribution in [0.25, 0.3) is 22.3 Å². The molecule has 0 radical (unpaired) electrons. The highest BCUT2D eigenvalue weighted by atomic mass is 15.1. The highest BCUT2D eigenvalue weighted by Gasteiger charge is 2.38. The number of nitrogens with zero attached hydrogens (tertiary/aromatic N) is 2. The summed E-state index contributed by atoms with van der Waals surface area (Å²) in [6.07, 6.45) is 2.39. The molecule has 2 heteroatoms. The quantitative estimate of drug-likeness (QED) is 0.162. The number of anilines is 6. The van der Waals surface area contributed by atoms with Crippen LogP contribution >= 0.6 is 0 Å². The Labute approximate surface area is 327 Å². The van der Waals surface area contributed by atoms with Crippen molar-refractivity contribution in [2.75, 3.05) is 9.80 Å². The molecule has 0 N–H and O–H groups in total. The van der Waals surface area contributed by atoms with Crippen molar-refractivity contribution in [2.24, 2.45) is 0 Å². The van der Waals surface area contributed by atoms with E-state index in [1.54, 1.807) is 0 Å². The van der Waals surface area contributed by atoms with Crippen molar-refractivity contribution in [3.63, 3.8) is 0 Å². The summed E-state index contributed by atoms with van der Waals surface area (Å²) in [6, 6.07) is 62.6. The van der Waals surface area contributed by atoms with Gasteiger partial charge in [-0.05, 0) is 141 Å². The maximum Gasteiger partial charge on any atom is 0.0465 e. The predicted octanol–water partition coefficient (Wildman–Crippen LogP) is 14.9. The molecule has 0 aromatic heterocycles. The van der Waals surface area contributed by atoms with Gasteiger partial charge >= 0.3 is 0 Å². The molecule has 0 fully saturated rings. The van der Waals surface area contributed by atoms with E-state index < -0.39 is 0 Å². The summed E-state index contributed by atoms with van der Waals surface area (Å²) in [7, 11) is 0. The third kappa shape index (κ3) is 6.05. The molecule has 2 aliphatic carbocycles. The molecule has 0 saturated heterocycles. The van der Waals surface area contributed by atoms with E-state index >= 15 is 0 Å². The van der Waals surface area contributed by atoms with Crippen molar-refractivity contribution >= 4 is 34.1 Å². The van der Waals surface area contributed by atoms with E-state index in [2.05, 4.69) is 221 Å². The molecular weight excluding hydrogens is 665 g/mol. The molecule has 0 atom stereocenters. The Morgan fingerprint density at radius 1 is 0.327 bits per heavy atom. The Morgan fingerprint density at radius 3 is 1.29 bits per heavy atom. The van der Waals surface area contributed by atoms with Gasteiger partial charge in [0.2, 0.25) is 0 Å². The topological polar surface area (TPSA) is 6.48 Å². The fourth-order valence-corrected chi connectivity index (χ4v) is 9.20. The summed E-state index contributed by atoms with van der Waals surface area (Å²) >= 11 is 0. The highest BCUT2D eigenvalue weighted by Crippen LogP contribution is 2.52. The molecule has 0 heterocycles. The lowest BCUT2D eigenvalue weighted by Crippen LogP contribution is -2.34. The Hall–Kier alpha value is -5.86. The second-order valence-corrected chi connectivity index (χ2v) is 17.3. The van der Waals surface area contributed by atoms with Crippen LogP contribution in [0.2, 0.25) is 0 Å². The zero-order valence-corrected chi connectivity index (χ0v) is 33.0. The summed E-state index contributed by atoms with van der Waals surface area (Å²) in [5.74, 6) is 0. The van der Waals surface area contributed by atoms with Gasteiger partial charge in [0.05, 0.1) is 0 Å². The number of hydrogen-bond donors (Lipinski definition) is 0. The minimum atomic E-state index is -0.0813. The summed E-state index contributed by atoms with van der Waals surface area (Å²) in [5, 5.41) is 0. The van der Waals surface area contributed by atoms with Crippen molar-refractivity contribution in [1.29, 1.82) is 0 Å². The van der Waals surface area contributed by atoms with Crippen LogP contribution in [0.4, 0.5) is 34.1 Å². The van der Waals surface area contributed by atoms with Crippen molar-refractivity contribution < 1.29 is 0 Å². The van der Waals surface area contributed by atoms with Gasteiger partial charge in [0.1, 0.15) is 0 Å². The first-order chi connectivity index (χ1) is 26.5. The molecule has 0 aliphatic heterocycles. The smallest absolute Gasteiger partial charge is 0.0465 e. The first-order valence-electron chi connectivity index (χ1n) is 19.8. The third-order valence-corrected chi connectivity index (χ3v) is 12.5. The van der Waals surface area contributed by atoms with Gasteiger partial charge in [-0.2, -0.15) is 0 Å². The fraction of sp³-hybridized carbons (Fsp3) is 0.208. The monoisotopic (exact) mass is 714 g/mol. The molecule has 0 spiro atoms. The van der Waals surface area contributed by atoms with Crippen LogP contribution in [0.1, 0.15) is 76.6 Å². The van der Waals surface area contributed by atoms with Gasteiger partial charge in [-0.15, -0.1) is 0 Å². The number of para-hydroxylation sites is 2. The van der Waals surface area contributed by atoms with Crippen LogP contribution < -0.4 is 9.80 Å². The van der Waals surface area contributed by atoms with Gasteiger partial charge in [-0.3, -0.25) is 0 Å². The lowest BCUT2D eigenvalue weighted by Gasteiger charge is -2.42. The highest BCUT2D eigenvalue weighted by molar-refractivity contribution is 5.86. The zero-order valence-electron chi connectivity index (χ0n) is 33.0. The Morgan fingerprint density at radius 2 is 0.727 bits per heavy atom. The van der Waals surface area contributed by atoms with Gasteiger partial charge < -0.3 is 9.80 Å². The van der Waals surface area contributed by atoms with Crippen molar-refractivity contribution in [3.8, 4) is 22.3 Å². The Bertz CT molecular complexity index is 2450. The van der Waals surface area contributed by atoms with Crippen LogP contribution in [0.3, 0.4) is 0 Å². The molecule has 0 amide bonds. The Kier molecular flexibility index (Phi) is 8.35. The van der Waals surface area contributed by atoms with E-state index in [9.17, 15) is 0 Å². The van der Waals surface area contributed by atoms with Crippen molar-refractivity contribution in [3.05, 3.63) is 192 Å². The van der Waals surface area contributed by atoms with Gasteiger partial charge in [0, 0.05) is 39.5 Å². The van der Waals surface area contributed by atoms with Gasteiger partial charge in [0.25, 0.3) is 0 Å². The maximum absolute atomic E-state index is 2.49. The predicted molar refractivity (Wildman–Crippen MR) is 234 cm³/mol. The van der Waals surface area contributed by atoms with Crippen LogP contribution in [0.5, 0.6) is 0 Å². The average Bonchev–Trinajstić information content (AvgIpc) is 3.44. The third-order valence-electron chi connectivity index (χ3n) is 12.5. The molecule has 7 aromatic carbocycles. The minimum absolute atomic E-state index is 0.0813. The van der Waals surface area contributed by atoms with Crippen molar-refractivity contribution in [2.45, 2.75) is 70.6 Å². The summed E-state index contributed by atoms with van der Waals surface area (Å²) in [4.78, 5) is 4.78. The number of hydrogen-bond acceptors (Lipinski definition) is 2. The SMILES string of the molecule is CC1(C)CCC(C)(C)c2cc(N(c3ccc(-c4ccc(N(c5ccccc5)c5ccccc5)cc4)cc3)c3ccc4c(c3)C(C)(C)c3ccccc3-4)ccc21. The second-order valence-electron chi connectivity index (χ2n) is 17.3. The molecule has 0 bridgehead atoms. The average molecular weight is 715 g/mol. The first-order valence-corrected chi connectivity index (χ1v) is 19.8. The summed E-state index contributed by atoms with van der Waals surface area (Å²) in [6.45, 7) is 14.4. The fourth-order valence-electron chi connectivity index (χ4n) is 9.20. The van der Waals surface area contributed by atoms with Crippen LogP contribution in [-0.4, -0.2) is 0 Å². The van der Waals surface area contributed by atoms with Crippen LogP contribution in [0, 0.1) is 0 Å². The summed E-state index contributed by atoms with van der Waals surface area (Å²) in [5.41, 5.74) is 18.0. The zero-order chi connectivity index (χ0) is 38.0. The molecular formula is C53H50N2. The van der Waals surface area contributed by atoms with E-state index in [-0.39, 0.29) is 16.2 Å². The van der Waals surface area contributed by atoms with Gasteiger partial charge in [-0.1, -0.05) is 139 Å². The molecule has 7 aromatic rings. The second kappa shape index (κ2) is 13.2. The molecule has 9 rings (SSSR count). The minimum Gasteiger partial charge on any atom is -0.311 e. The standard InChI is InChI=1S/C53H50N2/c1-51(2)33-34-52(3,4)50-36-44(30-32-48(50)51)55(43-29-31-46-45-19-13-14-20-47(45)53(5,6)49(46)35-43)42-27-23-38(24-28-42)37-21-25-41(26-22-37)54(39-15-9-7-10-16-39)40-17-11-8-12-18-40/h7-32,35-36H,33-34H2,1-6H3. The van der Waals surface area contributed by atoms with E-state index in [0.29, 0.717) is 0 Å². The molecule has 0 unspecified atom stereocenters. The van der Waals surface area contributed by atoms with Crippen LogP contribution in [0.15, 0.2) is 170 Å². The molecule has 0 saturated carbocycles. The molecule has 2 nitrogen and oxygen atoms in total. The molecule has 55 heavy (non-hydrogen) atoms.